The Morgan fingerprint density at radius 1 is 1.03 bits per heavy atom. The molecule has 2 aliphatic rings. The van der Waals surface area contributed by atoms with Crippen LogP contribution < -0.4 is 10.0 Å². The van der Waals surface area contributed by atoms with E-state index >= 15 is 0 Å². The molecule has 4 aromatic rings. The lowest BCUT2D eigenvalue weighted by atomic mass is 9.99. The highest BCUT2D eigenvalue weighted by Crippen LogP contribution is 2.44. The van der Waals surface area contributed by atoms with Gasteiger partial charge in [-0.15, -0.1) is 0 Å². The number of aromatic nitrogens is 2. The van der Waals surface area contributed by atoms with Gasteiger partial charge in [0.1, 0.15) is 5.67 Å². The molecule has 186 valence electrons. The molecule has 1 unspecified atom stereocenters. The number of hydrogen-bond donors (Lipinski definition) is 2. The van der Waals surface area contributed by atoms with Crippen molar-refractivity contribution >= 4 is 37.3 Å². The Bertz CT molecular complexity index is 1590. The van der Waals surface area contributed by atoms with E-state index in [0.717, 1.165) is 64.4 Å². The second-order valence-corrected chi connectivity index (χ2v) is 12.3. The van der Waals surface area contributed by atoms with Crippen LogP contribution in [0.15, 0.2) is 59.9 Å². The molecule has 2 aromatic carbocycles. The maximum absolute atomic E-state index is 14.2. The first-order valence-corrected chi connectivity index (χ1v) is 13.9. The van der Waals surface area contributed by atoms with Crippen molar-refractivity contribution in [3.63, 3.8) is 0 Å². The van der Waals surface area contributed by atoms with Crippen molar-refractivity contribution in [1.82, 2.24) is 14.7 Å². The first-order valence-electron chi connectivity index (χ1n) is 12.4. The Hall–Kier alpha value is -3.10. The number of anilines is 1. The number of sulfonamides is 1. The van der Waals surface area contributed by atoms with Gasteiger partial charge in [-0.3, -0.25) is 9.97 Å². The van der Waals surface area contributed by atoms with Gasteiger partial charge in [0, 0.05) is 52.1 Å². The summed E-state index contributed by atoms with van der Waals surface area (Å²) < 4.78 is 43.4. The Morgan fingerprint density at radius 3 is 2.61 bits per heavy atom. The van der Waals surface area contributed by atoms with Crippen molar-refractivity contribution in [3.8, 4) is 0 Å². The van der Waals surface area contributed by atoms with Crippen molar-refractivity contribution < 1.29 is 12.8 Å². The van der Waals surface area contributed by atoms with Gasteiger partial charge in [0.05, 0.1) is 22.8 Å². The van der Waals surface area contributed by atoms with Gasteiger partial charge < -0.3 is 5.32 Å². The maximum Gasteiger partial charge on any atom is 0.241 e. The van der Waals surface area contributed by atoms with E-state index in [1.807, 2.05) is 42.9 Å². The average Bonchev–Trinajstić information content (AvgIpc) is 3.63. The summed E-state index contributed by atoms with van der Waals surface area (Å²) in [6, 6.07) is 11.8. The highest BCUT2D eigenvalue weighted by molar-refractivity contribution is 7.89. The number of alkyl halides is 1. The molecule has 2 N–H and O–H groups in total. The minimum atomic E-state index is -3.92. The maximum atomic E-state index is 14.2. The first kappa shape index (κ1) is 23.3. The lowest BCUT2D eigenvalue weighted by Gasteiger charge is -2.21. The Balaban J connectivity index is 1.46. The summed E-state index contributed by atoms with van der Waals surface area (Å²) in [7, 11) is -3.92. The van der Waals surface area contributed by atoms with E-state index in [9.17, 15) is 12.8 Å². The number of aryl methyl sites for hydroxylation is 1. The predicted molar refractivity (Wildman–Crippen MR) is 141 cm³/mol. The summed E-state index contributed by atoms with van der Waals surface area (Å²) >= 11 is 0. The van der Waals surface area contributed by atoms with Crippen LogP contribution in [0.1, 0.15) is 61.9 Å². The van der Waals surface area contributed by atoms with E-state index in [1.54, 1.807) is 6.07 Å². The van der Waals surface area contributed by atoms with E-state index in [1.165, 1.54) is 13.8 Å². The number of fused-ring (bicyclic) bond motifs is 4. The van der Waals surface area contributed by atoms with E-state index in [4.69, 9.17) is 4.98 Å². The molecule has 0 amide bonds. The molecule has 0 spiro atoms. The molecular formula is C28H29FN4O2S. The molecular weight excluding hydrogens is 475 g/mol. The smallest absolute Gasteiger partial charge is 0.241 e. The van der Waals surface area contributed by atoms with Gasteiger partial charge in [0.15, 0.2) is 0 Å². The number of rotatable bonds is 7. The topological polar surface area (TPSA) is 84.0 Å². The summed E-state index contributed by atoms with van der Waals surface area (Å²) in [5.74, 6) is 0.381. The van der Waals surface area contributed by atoms with Crippen LogP contribution in [0.2, 0.25) is 0 Å². The van der Waals surface area contributed by atoms with E-state index in [2.05, 4.69) is 21.1 Å². The predicted octanol–water partition coefficient (Wildman–Crippen LogP) is 5.79. The lowest BCUT2D eigenvalue weighted by Crippen LogP contribution is -2.35. The van der Waals surface area contributed by atoms with Crippen LogP contribution in [0, 0.1) is 0 Å². The normalized spacial score (nSPS) is 18.0. The molecule has 0 saturated heterocycles. The number of nitrogens with zero attached hydrogens (tertiary/aromatic N) is 2. The van der Waals surface area contributed by atoms with Gasteiger partial charge >= 0.3 is 0 Å². The average molecular weight is 505 g/mol. The largest absolute Gasteiger partial charge is 0.376 e. The van der Waals surface area contributed by atoms with Crippen LogP contribution in [-0.2, 0) is 16.4 Å². The van der Waals surface area contributed by atoms with Gasteiger partial charge in [-0.05, 0) is 62.8 Å². The Morgan fingerprint density at radius 2 is 1.83 bits per heavy atom. The zero-order valence-electron chi connectivity index (χ0n) is 20.4. The third kappa shape index (κ3) is 4.33. The third-order valence-electron chi connectivity index (χ3n) is 7.15. The highest BCUT2D eigenvalue weighted by Gasteiger charge is 2.32. The van der Waals surface area contributed by atoms with Crippen LogP contribution in [0.4, 0.5) is 10.1 Å². The summed E-state index contributed by atoms with van der Waals surface area (Å²) in [5.41, 5.74) is 2.28. The van der Waals surface area contributed by atoms with Gasteiger partial charge in [-0.2, -0.15) is 0 Å². The fraction of sp³-hybridized carbons (Fsp3) is 0.357. The monoisotopic (exact) mass is 504 g/mol. The number of halogens is 1. The lowest BCUT2D eigenvalue weighted by molar-refractivity contribution is 0.221. The van der Waals surface area contributed by atoms with Crippen LogP contribution in [0.3, 0.4) is 0 Å². The minimum absolute atomic E-state index is 0.00169. The zero-order chi connectivity index (χ0) is 25.1. The van der Waals surface area contributed by atoms with Crippen molar-refractivity contribution in [1.29, 1.82) is 0 Å². The van der Waals surface area contributed by atoms with Crippen molar-refractivity contribution in [2.45, 2.75) is 62.1 Å². The van der Waals surface area contributed by atoms with Crippen LogP contribution in [0.5, 0.6) is 0 Å². The summed E-state index contributed by atoms with van der Waals surface area (Å²) in [6.07, 6.45) is 9.23. The van der Waals surface area contributed by atoms with Crippen molar-refractivity contribution in [3.05, 3.63) is 71.8 Å². The molecule has 36 heavy (non-hydrogen) atoms. The fourth-order valence-corrected chi connectivity index (χ4v) is 6.62. The van der Waals surface area contributed by atoms with Gasteiger partial charge in [0.25, 0.3) is 0 Å². The van der Waals surface area contributed by atoms with E-state index in [0.29, 0.717) is 11.3 Å². The number of nitrogens with one attached hydrogen (secondary N) is 2. The van der Waals surface area contributed by atoms with E-state index < -0.39 is 15.7 Å². The molecule has 1 atom stereocenters. The quantitative estimate of drug-likeness (QED) is 0.333. The zero-order valence-corrected chi connectivity index (χ0v) is 21.2. The van der Waals surface area contributed by atoms with Gasteiger partial charge in [-0.25, -0.2) is 17.5 Å². The second-order valence-electron chi connectivity index (χ2n) is 10.6. The Labute approximate surface area is 210 Å². The van der Waals surface area contributed by atoms with Gasteiger partial charge in [-0.1, -0.05) is 24.3 Å². The highest BCUT2D eigenvalue weighted by atomic mass is 32.2. The standard InChI is InChI=1S/C28H29FN4O2S/c1-28(2,29)16-32-36(34,35)26-11-18-9-10-23(33-25-15-30-13-19-5-3-4-6-20(19)25)27(18)22-14-31-24(12-21(22)26)17-7-8-17/h3-6,11-15,17,23,32-33H,7-10,16H2,1-2H3. The molecule has 2 aromatic heterocycles. The number of benzene rings is 2. The molecule has 6 rings (SSSR count). The van der Waals surface area contributed by atoms with E-state index in [-0.39, 0.29) is 17.5 Å². The molecule has 2 heterocycles. The first-order chi connectivity index (χ1) is 17.2. The summed E-state index contributed by atoms with van der Waals surface area (Å²) in [5, 5.41) is 7.32. The molecule has 0 radical (unpaired) electrons. The van der Waals surface area contributed by atoms with Crippen LogP contribution in [0.25, 0.3) is 21.5 Å². The van der Waals surface area contributed by atoms with Crippen LogP contribution >= 0.6 is 0 Å². The molecule has 1 saturated carbocycles. The molecule has 8 heteroatoms. The molecule has 0 bridgehead atoms. The number of hydrogen-bond acceptors (Lipinski definition) is 5. The van der Waals surface area contributed by atoms with Crippen molar-refractivity contribution in [2.24, 2.45) is 0 Å². The second kappa shape index (κ2) is 8.49. The molecule has 1 fully saturated rings. The van der Waals surface area contributed by atoms with Crippen molar-refractivity contribution in [2.75, 3.05) is 11.9 Å². The molecule has 2 aliphatic carbocycles. The summed E-state index contributed by atoms with van der Waals surface area (Å²) in [4.78, 5) is 9.34. The molecule has 6 nitrogen and oxygen atoms in total. The number of pyridine rings is 2. The van der Waals surface area contributed by atoms with Crippen LogP contribution in [-0.4, -0.2) is 30.6 Å². The SMILES string of the molecule is CC(C)(F)CNS(=O)(=O)c1cc2c(c3cnc(C4CC4)cc13)C(Nc1cncc3ccccc13)CC2. The third-order valence-corrected chi connectivity index (χ3v) is 8.59. The molecule has 0 aliphatic heterocycles. The van der Waals surface area contributed by atoms with Gasteiger partial charge in [0.2, 0.25) is 10.0 Å². The fourth-order valence-electron chi connectivity index (χ4n) is 5.17. The summed E-state index contributed by atoms with van der Waals surface area (Å²) in [6.45, 7) is 2.44. The Kier molecular flexibility index (Phi) is 5.50. The minimum Gasteiger partial charge on any atom is -0.376 e.